The van der Waals surface area contributed by atoms with Gasteiger partial charge in [-0.25, -0.2) is 0 Å². The normalized spacial score (nSPS) is 10.7. The first-order valence-corrected chi connectivity index (χ1v) is 7.44. The van der Waals surface area contributed by atoms with Crippen LogP contribution in [0.2, 0.25) is 0 Å². The van der Waals surface area contributed by atoms with Crippen LogP contribution in [0.1, 0.15) is 11.3 Å². The number of non-ortho nitro benzene ring substituents is 1. The molecule has 6 nitrogen and oxygen atoms in total. The Bertz CT molecular complexity index is 760. The highest BCUT2D eigenvalue weighted by atomic mass is 16.6. The molecule has 0 fully saturated rings. The van der Waals surface area contributed by atoms with Crippen LogP contribution in [0, 0.1) is 10.1 Å². The predicted molar refractivity (Wildman–Crippen MR) is 93.2 cm³/mol. The molecule has 0 aliphatic heterocycles. The summed E-state index contributed by atoms with van der Waals surface area (Å²) in [4.78, 5) is 24.2. The van der Waals surface area contributed by atoms with Crippen molar-refractivity contribution in [2.75, 3.05) is 6.54 Å². The molecular weight excluding hydrogens is 306 g/mol. The van der Waals surface area contributed by atoms with Gasteiger partial charge in [0, 0.05) is 43.7 Å². The Kier molecular flexibility index (Phi) is 5.68. The molecule has 0 spiro atoms. The van der Waals surface area contributed by atoms with E-state index in [2.05, 4.69) is 6.58 Å². The Balaban J connectivity index is 2.07. The Hall–Kier alpha value is -3.15. The van der Waals surface area contributed by atoms with Crippen molar-refractivity contribution in [3.05, 3.63) is 82.7 Å². The van der Waals surface area contributed by atoms with Crippen molar-refractivity contribution < 1.29 is 9.72 Å². The second-order valence-corrected chi connectivity index (χ2v) is 5.30. The van der Waals surface area contributed by atoms with Crippen molar-refractivity contribution in [2.45, 2.75) is 6.54 Å². The van der Waals surface area contributed by atoms with Crippen LogP contribution in [0.3, 0.4) is 0 Å². The Labute approximate surface area is 140 Å². The maximum Gasteiger partial charge on any atom is 0.269 e. The zero-order valence-corrected chi connectivity index (χ0v) is 13.5. The largest absolute Gasteiger partial charge is 0.353 e. The van der Waals surface area contributed by atoms with Crippen LogP contribution in [0.25, 0.3) is 6.08 Å². The number of nitro groups is 1. The van der Waals surface area contributed by atoms with Crippen LogP contribution >= 0.6 is 0 Å². The van der Waals surface area contributed by atoms with Crippen LogP contribution in [0.5, 0.6) is 0 Å². The summed E-state index contributed by atoms with van der Waals surface area (Å²) in [6, 6.07) is 9.93. The molecule has 124 valence electrons. The highest BCUT2D eigenvalue weighted by Gasteiger charge is 2.11. The van der Waals surface area contributed by atoms with Gasteiger partial charge in [-0.1, -0.05) is 6.08 Å². The summed E-state index contributed by atoms with van der Waals surface area (Å²) in [6.45, 7) is 4.61. The first-order chi connectivity index (χ1) is 11.5. The molecule has 0 N–H and O–H groups in total. The molecule has 0 bridgehead atoms. The minimum absolute atomic E-state index is 0.0236. The average Bonchev–Trinajstić information content (AvgIpc) is 2.97. The lowest BCUT2D eigenvalue weighted by Gasteiger charge is -2.19. The molecule has 6 heteroatoms. The molecule has 2 rings (SSSR count). The third kappa shape index (κ3) is 4.42. The molecule has 0 saturated heterocycles. The van der Waals surface area contributed by atoms with E-state index in [1.165, 1.54) is 18.2 Å². The van der Waals surface area contributed by atoms with Crippen molar-refractivity contribution in [3.63, 3.8) is 0 Å². The Morgan fingerprint density at radius 2 is 2.04 bits per heavy atom. The molecule has 0 unspecified atom stereocenters. The van der Waals surface area contributed by atoms with Gasteiger partial charge in [0.1, 0.15) is 0 Å². The van der Waals surface area contributed by atoms with Crippen molar-refractivity contribution >= 4 is 17.7 Å². The molecule has 0 radical (unpaired) electrons. The Morgan fingerprint density at radius 1 is 1.33 bits per heavy atom. The highest BCUT2D eigenvalue weighted by molar-refractivity contribution is 5.91. The summed E-state index contributed by atoms with van der Waals surface area (Å²) in [5.74, 6) is -0.144. The summed E-state index contributed by atoms with van der Waals surface area (Å²) >= 11 is 0. The molecule has 0 aliphatic carbocycles. The third-order valence-electron chi connectivity index (χ3n) is 3.59. The molecule has 1 aromatic carbocycles. The van der Waals surface area contributed by atoms with E-state index in [0.717, 1.165) is 11.3 Å². The molecule has 0 saturated carbocycles. The lowest BCUT2D eigenvalue weighted by molar-refractivity contribution is -0.384. The summed E-state index contributed by atoms with van der Waals surface area (Å²) in [6.07, 6.45) is 6.72. The minimum Gasteiger partial charge on any atom is -0.353 e. The second kappa shape index (κ2) is 7.92. The van der Waals surface area contributed by atoms with E-state index >= 15 is 0 Å². The lowest BCUT2D eigenvalue weighted by Crippen LogP contribution is -2.29. The number of amides is 1. The number of carbonyl (C=O) groups excluding carboxylic acids is 1. The summed E-state index contributed by atoms with van der Waals surface area (Å²) in [7, 11) is 1.93. The maximum atomic E-state index is 12.4. The summed E-state index contributed by atoms with van der Waals surface area (Å²) in [5, 5.41) is 10.6. The Morgan fingerprint density at radius 3 is 2.58 bits per heavy atom. The van der Waals surface area contributed by atoms with Crippen LogP contribution in [-0.2, 0) is 18.4 Å². The molecule has 24 heavy (non-hydrogen) atoms. The minimum atomic E-state index is -0.454. The molecule has 1 heterocycles. The van der Waals surface area contributed by atoms with Gasteiger partial charge < -0.3 is 9.47 Å². The fourth-order valence-electron chi connectivity index (χ4n) is 2.22. The molecule has 2 aromatic rings. The van der Waals surface area contributed by atoms with Crippen molar-refractivity contribution in [1.82, 2.24) is 9.47 Å². The first-order valence-electron chi connectivity index (χ1n) is 7.44. The van der Waals surface area contributed by atoms with E-state index in [-0.39, 0.29) is 11.6 Å². The number of aryl methyl sites for hydroxylation is 1. The number of nitro benzene ring substituents is 1. The number of nitrogens with zero attached hydrogens (tertiary/aromatic N) is 3. The van der Waals surface area contributed by atoms with E-state index in [1.807, 2.05) is 29.9 Å². The van der Waals surface area contributed by atoms with Crippen molar-refractivity contribution in [2.24, 2.45) is 7.05 Å². The van der Waals surface area contributed by atoms with E-state index < -0.39 is 4.92 Å². The summed E-state index contributed by atoms with van der Waals surface area (Å²) < 4.78 is 1.96. The molecule has 1 aromatic heterocycles. The molecule has 0 atom stereocenters. The standard InChI is InChI=1S/C18H19N3O3/c1-3-12-20(14-17-5-4-13-19(17)2)18(22)11-8-15-6-9-16(10-7-15)21(23)24/h3-11,13H,1,12,14H2,2H3. The van der Waals surface area contributed by atoms with Gasteiger partial charge in [-0.15, -0.1) is 6.58 Å². The van der Waals surface area contributed by atoms with Gasteiger partial charge in [-0.05, 0) is 35.9 Å². The third-order valence-corrected chi connectivity index (χ3v) is 3.59. The van der Waals surface area contributed by atoms with Gasteiger partial charge in [0.2, 0.25) is 5.91 Å². The molecular formula is C18H19N3O3. The maximum absolute atomic E-state index is 12.4. The number of rotatable bonds is 7. The van der Waals surface area contributed by atoms with Crippen molar-refractivity contribution in [1.29, 1.82) is 0 Å². The number of aromatic nitrogens is 1. The predicted octanol–water partition coefficient (Wildman–Crippen LogP) is 3.16. The summed E-state index contributed by atoms with van der Waals surface area (Å²) in [5.41, 5.74) is 1.77. The van der Waals surface area contributed by atoms with Gasteiger partial charge in [0.15, 0.2) is 0 Å². The zero-order chi connectivity index (χ0) is 17.5. The second-order valence-electron chi connectivity index (χ2n) is 5.30. The van der Waals surface area contributed by atoms with Gasteiger partial charge in [0.05, 0.1) is 11.5 Å². The van der Waals surface area contributed by atoms with Crippen LogP contribution in [0.15, 0.2) is 61.3 Å². The first kappa shape index (κ1) is 17.2. The van der Waals surface area contributed by atoms with Crippen LogP contribution < -0.4 is 0 Å². The SMILES string of the molecule is C=CCN(Cc1cccn1C)C(=O)C=Cc1ccc([N+](=O)[O-])cc1. The number of benzene rings is 1. The van der Waals surface area contributed by atoms with Crippen LogP contribution in [-0.4, -0.2) is 26.8 Å². The smallest absolute Gasteiger partial charge is 0.269 e. The topological polar surface area (TPSA) is 68.4 Å². The van der Waals surface area contributed by atoms with E-state index in [1.54, 1.807) is 29.2 Å². The average molecular weight is 325 g/mol. The van der Waals surface area contributed by atoms with Crippen LogP contribution in [0.4, 0.5) is 5.69 Å². The van der Waals surface area contributed by atoms with E-state index in [4.69, 9.17) is 0 Å². The van der Waals surface area contributed by atoms with Crippen molar-refractivity contribution in [3.8, 4) is 0 Å². The lowest BCUT2D eigenvalue weighted by atomic mass is 10.2. The quantitative estimate of drug-likeness (QED) is 0.340. The van der Waals surface area contributed by atoms with Gasteiger partial charge in [-0.3, -0.25) is 14.9 Å². The zero-order valence-electron chi connectivity index (χ0n) is 13.5. The molecule has 0 aliphatic rings. The number of hydrogen-bond donors (Lipinski definition) is 0. The highest BCUT2D eigenvalue weighted by Crippen LogP contribution is 2.13. The molecule has 1 amide bonds. The van der Waals surface area contributed by atoms with Gasteiger partial charge in [0.25, 0.3) is 5.69 Å². The number of hydrogen-bond acceptors (Lipinski definition) is 3. The van der Waals surface area contributed by atoms with E-state index in [9.17, 15) is 14.9 Å². The monoisotopic (exact) mass is 325 g/mol. The van der Waals surface area contributed by atoms with Gasteiger partial charge in [-0.2, -0.15) is 0 Å². The van der Waals surface area contributed by atoms with E-state index in [0.29, 0.717) is 13.1 Å². The van der Waals surface area contributed by atoms with Gasteiger partial charge >= 0.3 is 0 Å². The number of carbonyl (C=O) groups is 1. The fourth-order valence-corrected chi connectivity index (χ4v) is 2.22. The fraction of sp³-hybridized carbons (Fsp3) is 0.167.